The van der Waals surface area contributed by atoms with Gasteiger partial charge < -0.3 is 9.47 Å². The molecule has 3 rings (SSSR count). The van der Waals surface area contributed by atoms with E-state index in [2.05, 4.69) is 4.98 Å². The van der Waals surface area contributed by atoms with Gasteiger partial charge in [0.15, 0.2) is 5.76 Å². The standard InChI is InChI=1S/C17H13NO4/c1-10-7-13(21-11(2)19)9-14-16(10)17(20)15(22-14)8-12-3-5-18-6-4-12/h3-9H,1-2H3. The zero-order valence-electron chi connectivity index (χ0n) is 12.1. The van der Waals surface area contributed by atoms with E-state index < -0.39 is 5.97 Å². The van der Waals surface area contributed by atoms with Gasteiger partial charge in [0.05, 0.1) is 5.56 Å². The second-order valence-corrected chi connectivity index (χ2v) is 4.93. The highest BCUT2D eigenvalue weighted by molar-refractivity contribution is 6.15. The molecule has 1 aromatic carbocycles. The van der Waals surface area contributed by atoms with E-state index in [-0.39, 0.29) is 11.5 Å². The molecule has 0 saturated heterocycles. The van der Waals surface area contributed by atoms with Gasteiger partial charge in [-0.3, -0.25) is 14.6 Å². The highest BCUT2D eigenvalue weighted by atomic mass is 16.5. The van der Waals surface area contributed by atoms with Crippen molar-refractivity contribution in [3.8, 4) is 11.5 Å². The number of ketones is 1. The third kappa shape index (κ3) is 2.61. The number of pyridine rings is 1. The van der Waals surface area contributed by atoms with Crippen molar-refractivity contribution in [3.63, 3.8) is 0 Å². The van der Waals surface area contributed by atoms with Crippen LogP contribution < -0.4 is 9.47 Å². The Morgan fingerprint density at radius 3 is 2.68 bits per heavy atom. The topological polar surface area (TPSA) is 65.5 Å². The number of allylic oxidation sites excluding steroid dienone is 1. The largest absolute Gasteiger partial charge is 0.452 e. The summed E-state index contributed by atoms with van der Waals surface area (Å²) in [5.41, 5.74) is 2.03. The van der Waals surface area contributed by atoms with E-state index >= 15 is 0 Å². The number of hydrogen-bond acceptors (Lipinski definition) is 5. The summed E-state index contributed by atoms with van der Waals surface area (Å²) in [5.74, 6) is 0.405. The number of Topliss-reactive ketones (excluding diaryl/α,β-unsaturated/α-hetero) is 1. The molecule has 0 unspecified atom stereocenters. The average molecular weight is 295 g/mol. The first kappa shape index (κ1) is 14.0. The van der Waals surface area contributed by atoms with Gasteiger partial charge in [-0.05, 0) is 42.3 Å². The van der Waals surface area contributed by atoms with Crippen molar-refractivity contribution >= 4 is 17.8 Å². The van der Waals surface area contributed by atoms with Crippen molar-refractivity contribution in [2.75, 3.05) is 0 Å². The summed E-state index contributed by atoms with van der Waals surface area (Å²) in [5, 5.41) is 0. The van der Waals surface area contributed by atoms with Crippen LogP contribution >= 0.6 is 0 Å². The molecule has 0 fully saturated rings. The van der Waals surface area contributed by atoms with Gasteiger partial charge in [0.1, 0.15) is 11.5 Å². The number of nitrogens with zero attached hydrogens (tertiary/aromatic N) is 1. The lowest BCUT2D eigenvalue weighted by atomic mass is 10.0. The molecule has 2 heterocycles. The molecule has 5 heteroatoms. The summed E-state index contributed by atoms with van der Waals surface area (Å²) in [6.45, 7) is 3.10. The molecule has 0 spiro atoms. The molecule has 5 nitrogen and oxygen atoms in total. The third-order valence-corrected chi connectivity index (χ3v) is 3.21. The van der Waals surface area contributed by atoms with Crippen LogP contribution in [0.15, 0.2) is 42.4 Å². The monoisotopic (exact) mass is 295 g/mol. The van der Waals surface area contributed by atoms with Crippen molar-refractivity contribution in [2.24, 2.45) is 0 Å². The Labute approximate surface area is 127 Å². The van der Waals surface area contributed by atoms with E-state index in [1.807, 2.05) is 0 Å². The van der Waals surface area contributed by atoms with E-state index in [9.17, 15) is 9.59 Å². The lowest BCUT2D eigenvalue weighted by molar-refractivity contribution is -0.131. The number of fused-ring (bicyclic) bond motifs is 1. The Morgan fingerprint density at radius 1 is 1.27 bits per heavy atom. The lowest BCUT2D eigenvalue weighted by Gasteiger charge is -2.05. The number of benzene rings is 1. The van der Waals surface area contributed by atoms with Gasteiger partial charge in [-0.1, -0.05) is 0 Å². The SMILES string of the molecule is CC(=O)Oc1cc(C)c2c(c1)OC(=Cc1ccncc1)C2=O. The van der Waals surface area contributed by atoms with E-state index in [0.717, 1.165) is 5.56 Å². The maximum Gasteiger partial charge on any atom is 0.308 e. The highest BCUT2D eigenvalue weighted by Crippen LogP contribution is 2.37. The average Bonchev–Trinajstić information content (AvgIpc) is 2.76. The van der Waals surface area contributed by atoms with Crippen molar-refractivity contribution in [1.82, 2.24) is 4.98 Å². The van der Waals surface area contributed by atoms with Gasteiger partial charge in [0.2, 0.25) is 5.78 Å². The molecule has 2 aromatic rings. The maximum atomic E-state index is 12.4. The van der Waals surface area contributed by atoms with E-state index in [0.29, 0.717) is 22.6 Å². The van der Waals surface area contributed by atoms with Crippen molar-refractivity contribution in [1.29, 1.82) is 0 Å². The maximum absolute atomic E-state index is 12.4. The second kappa shape index (κ2) is 5.44. The molecule has 0 bridgehead atoms. The lowest BCUT2D eigenvalue weighted by Crippen LogP contribution is -2.02. The molecule has 0 amide bonds. The summed E-state index contributed by atoms with van der Waals surface area (Å²) < 4.78 is 10.7. The molecular formula is C17H13NO4. The summed E-state index contributed by atoms with van der Waals surface area (Å²) in [4.78, 5) is 27.4. The summed E-state index contributed by atoms with van der Waals surface area (Å²) in [6.07, 6.45) is 4.95. The van der Waals surface area contributed by atoms with Crippen LogP contribution in [0.25, 0.3) is 6.08 Å². The minimum absolute atomic E-state index is 0.182. The van der Waals surface area contributed by atoms with Crippen LogP contribution in [-0.2, 0) is 4.79 Å². The molecule has 0 N–H and O–H groups in total. The zero-order valence-corrected chi connectivity index (χ0v) is 12.1. The number of esters is 1. The quantitative estimate of drug-likeness (QED) is 0.484. The van der Waals surface area contributed by atoms with E-state index in [4.69, 9.17) is 9.47 Å². The predicted octanol–water partition coefficient (Wildman–Crippen LogP) is 2.93. The Hall–Kier alpha value is -2.95. The highest BCUT2D eigenvalue weighted by Gasteiger charge is 2.30. The molecule has 0 aliphatic carbocycles. The molecular weight excluding hydrogens is 282 g/mol. The molecule has 0 atom stereocenters. The fourth-order valence-corrected chi connectivity index (χ4v) is 2.31. The Balaban J connectivity index is 1.98. The van der Waals surface area contributed by atoms with Crippen molar-refractivity contribution in [2.45, 2.75) is 13.8 Å². The Bertz CT molecular complexity index is 794. The van der Waals surface area contributed by atoms with Crippen molar-refractivity contribution in [3.05, 3.63) is 59.1 Å². The van der Waals surface area contributed by atoms with Crippen LogP contribution in [0.1, 0.15) is 28.4 Å². The molecule has 0 saturated carbocycles. The smallest absolute Gasteiger partial charge is 0.308 e. The first-order valence-corrected chi connectivity index (χ1v) is 6.72. The minimum atomic E-state index is -0.420. The van der Waals surface area contributed by atoms with Crippen LogP contribution in [0.5, 0.6) is 11.5 Å². The van der Waals surface area contributed by atoms with Crippen LogP contribution in [-0.4, -0.2) is 16.7 Å². The first-order valence-electron chi connectivity index (χ1n) is 6.72. The fourth-order valence-electron chi connectivity index (χ4n) is 2.31. The van der Waals surface area contributed by atoms with Crippen LogP contribution in [0, 0.1) is 6.92 Å². The number of carbonyl (C=O) groups is 2. The summed E-state index contributed by atoms with van der Waals surface area (Å²) in [7, 11) is 0. The number of aryl methyl sites for hydroxylation is 1. The molecule has 1 aliphatic heterocycles. The number of carbonyl (C=O) groups excluding carboxylic acids is 2. The van der Waals surface area contributed by atoms with Gasteiger partial charge in [0, 0.05) is 25.4 Å². The second-order valence-electron chi connectivity index (χ2n) is 4.93. The number of hydrogen-bond donors (Lipinski definition) is 0. The molecule has 110 valence electrons. The van der Waals surface area contributed by atoms with Crippen LogP contribution in [0.3, 0.4) is 0 Å². The first-order chi connectivity index (χ1) is 10.5. The van der Waals surface area contributed by atoms with Crippen molar-refractivity contribution < 1.29 is 19.1 Å². The minimum Gasteiger partial charge on any atom is -0.452 e. The van der Waals surface area contributed by atoms with Gasteiger partial charge in [-0.15, -0.1) is 0 Å². The normalized spacial score (nSPS) is 14.6. The molecule has 22 heavy (non-hydrogen) atoms. The summed E-state index contributed by atoms with van der Waals surface area (Å²) in [6, 6.07) is 6.76. The number of aromatic nitrogens is 1. The number of rotatable bonds is 2. The Kier molecular flexibility index (Phi) is 3.47. The molecule has 1 aromatic heterocycles. The number of ether oxygens (including phenoxy) is 2. The van der Waals surface area contributed by atoms with E-state index in [1.54, 1.807) is 49.7 Å². The predicted molar refractivity (Wildman–Crippen MR) is 79.7 cm³/mol. The van der Waals surface area contributed by atoms with Gasteiger partial charge in [-0.25, -0.2) is 0 Å². The van der Waals surface area contributed by atoms with Crippen LogP contribution in [0.2, 0.25) is 0 Å². The summed E-state index contributed by atoms with van der Waals surface area (Å²) >= 11 is 0. The van der Waals surface area contributed by atoms with Gasteiger partial charge in [0.25, 0.3) is 0 Å². The van der Waals surface area contributed by atoms with Gasteiger partial charge in [-0.2, -0.15) is 0 Å². The zero-order chi connectivity index (χ0) is 15.7. The van der Waals surface area contributed by atoms with Gasteiger partial charge >= 0.3 is 5.97 Å². The Morgan fingerprint density at radius 2 is 2.00 bits per heavy atom. The third-order valence-electron chi connectivity index (χ3n) is 3.21. The molecule has 0 radical (unpaired) electrons. The fraction of sp³-hybridized carbons (Fsp3) is 0.118. The van der Waals surface area contributed by atoms with E-state index in [1.165, 1.54) is 6.92 Å². The molecule has 1 aliphatic rings. The van der Waals surface area contributed by atoms with Crippen LogP contribution in [0.4, 0.5) is 0 Å².